The molecule has 0 saturated heterocycles. The van der Waals surface area contributed by atoms with Crippen molar-refractivity contribution in [2.75, 3.05) is 19.0 Å². The molecule has 0 aromatic carbocycles. The number of ether oxygens (including phenoxy) is 1. The Labute approximate surface area is 119 Å². The maximum absolute atomic E-state index is 11.1. The first-order chi connectivity index (χ1) is 8.85. The summed E-state index contributed by atoms with van der Waals surface area (Å²) in [5.41, 5.74) is 1.18. The number of nitrogens with one attached hydrogen (secondary N) is 1. The van der Waals surface area contributed by atoms with Gasteiger partial charge in [-0.1, -0.05) is 27.7 Å². The van der Waals surface area contributed by atoms with Crippen LogP contribution in [-0.2, 0) is 16.0 Å². The van der Waals surface area contributed by atoms with Crippen LogP contribution in [0.15, 0.2) is 5.38 Å². The van der Waals surface area contributed by atoms with Crippen molar-refractivity contribution in [3.05, 3.63) is 11.1 Å². The molecule has 0 amide bonds. The second kappa shape index (κ2) is 6.89. The molecule has 0 aliphatic heterocycles. The summed E-state index contributed by atoms with van der Waals surface area (Å²) in [7, 11) is 1.41. The molecule has 0 fully saturated rings. The highest BCUT2D eigenvalue weighted by molar-refractivity contribution is 7.13. The van der Waals surface area contributed by atoms with E-state index in [4.69, 9.17) is 0 Å². The van der Waals surface area contributed by atoms with E-state index in [-0.39, 0.29) is 11.4 Å². The van der Waals surface area contributed by atoms with E-state index in [2.05, 4.69) is 42.7 Å². The first kappa shape index (κ1) is 16.0. The van der Waals surface area contributed by atoms with Gasteiger partial charge in [-0.3, -0.25) is 4.79 Å². The summed E-state index contributed by atoms with van der Waals surface area (Å²) in [5.74, 6) is 0.419. The van der Waals surface area contributed by atoms with E-state index in [1.165, 1.54) is 7.11 Å². The molecule has 5 heteroatoms. The fourth-order valence-corrected chi connectivity index (χ4v) is 2.09. The van der Waals surface area contributed by atoms with Gasteiger partial charge in [0, 0.05) is 18.3 Å². The van der Waals surface area contributed by atoms with Gasteiger partial charge < -0.3 is 10.1 Å². The van der Waals surface area contributed by atoms with Gasteiger partial charge in [0.05, 0.1) is 19.2 Å². The highest BCUT2D eigenvalue weighted by atomic mass is 32.1. The third-order valence-corrected chi connectivity index (χ3v) is 4.47. The maximum Gasteiger partial charge on any atom is 0.305 e. The van der Waals surface area contributed by atoms with Crippen LogP contribution in [0.3, 0.4) is 0 Å². The Morgan fingerprint density at radius 2 is 2.21 bits per heavy atom. The number of nitrogens with zero attached hydrogens (tertiary/aromatic N) is 1. The summed E-state index contributed by atoms with van der Waals surface area (Å²) in [4.78, 5) is 15.5. The van der Waals surface area contributed by atoms with Crippen molar-refractivity contribution in [2.24, 2.45) is 11.3 Å². The molecule has 0 radical (unpaired) electrons. The fraction of sp³-hybridized carbons (Fsp3) is 0.714. The van der Waals surface area contributed by atoms with E-state index in [1.807, 2.05) is 5.38 Å². The van der Waals surface area contributed by atoms with Gasteiger partial charge in [-0.25, -0.2) is 4.98 Å². The van der Waals surface area contributed by atoms with Crippen LogP contribution in [0.25, 0.3) is 0 Å². The molecule has 108 valence electrons. The maximum atomic E-state index is 11.1. The number of methoxy groups -OCH3 is 1. The molecule has 0 bridgehead atoms. The molecule has 0 unspecified atom stereocenters. The normalized spacial score (nSPS) is 11.7. The van der Waals surface area contributed by atoms with Gasteiger partial charge in [0.2, 0.25) is 0 Å². The van der Waals surface area contributed by atoms with E-state index in [9.17, 15) is 4.79 Å². The van der Waals surface area contributed by atoms with E-state index in [0.717, 1.165) is 17.4 Å². The minimum Gasteiger partial charge on any atom is -0.469 e. The van der Waals surface area contributed by atoms with Crippen molar-refractivity contribution >= 4 is 22.4 Å². The molecule has 1 heterocycles. The number of esters is 1. The number of carbonyl (C=O) groups is 1. The third kappa shape index (κ3) is 5.19. The minimum absolute atomic E-state index is 0.191. The van der Waals surface area contributed by atoms with Crippen molar-refractivity contribution in [1.82, 2.24) is 4.98 Å². The van der Waals surface area contributed by atoms with E-state index < -0.39 is 0 Å². The summed E-state index contributed by atoms with van der Waals surface area (Å²) in [5, 5.41) is 6.30. The average molecular weight is 284 g/mol. The molecule has 0 atom stereocenters. The molecule has 0 saturated carbocycles. The average Bonchev–Trinajstić information content (AvgIpc) is 2.81. The fourth-order valence-electron chi connectivity index (χ4n) is 1.34. The Morgan fingerprint density at radius 1 is 1.53 bits per heavy atom. The minimum atomic E-state index is -0.191. The van der Waals surface area contributed by atoms with E-state index in [0.29, 0.717) is 18.8 Å². The van der Waals surface area contributed by atoms with Crippen molar-refractivity contribution in [3.63, 3.8) is 0 Å². The van der Waals surface area contributed by atoms with Gasteiger partial charge >= 0.3 is 5.97 Å². The number of anilines is 1. The number of thiazole rings is 1. The van der Waals surface area contributed by atoms with Crippen LogP contribution in [-0.4, -0.2) is 24.6 Å². The largest absolute Gasteiger partial charge is 0.469 e. The SMILES string of the molecule is COC(=O)CCc1csc(NCC(C)(C)C(C)C)n1. The second-order valence-electron chi connectivity index (χ2n) is 5.72. The first-order valence-corrected chi connectivity index (χ1v) is 7.48. The zero-order chi connectivity index (χ0) is 14.5. The van der Waals surface area contributed by atoms with Crippen LogP contribution in [0.1, 0.15) is 39.8 Å². The van der Waals surface area contributed by atoms with Gasteiger partial charge in [-0.2, -0.15) is 0 Å². The number of hydrogen-bond donors (Lipinski definition) is 1. The third-order valence-electron chi connectivity index (χ3n) is 3.62. The summed E-state index contributed by atoms with van der Waals surface area (Å²) >= 11 is 1.59. The Hall–Kier alpha value is -1.10. The van der Waals surface area contributed by atoms with Gasteiger partial charge in [-0.15, -0.1) is 11.3 Å². The lowest BCUT2D eigenvalue weighted by atomic mass is 9.81. The number of hydrogen-bond acceptors (Lipinski definition) is 5. The van der Waals surface area contributed by atoms with Crippen LogP contribution < -0.4 is 5.32 Å². The topological polar surface area (TPSA) is 51.2 Å². The van der Waals surface area contributed by atoms with Crippen molar-refractivity contribution < 1.29 is 9.53 Å². The summed E-state index contributed by atoms with van der Waals surface area (Å²) in [6, 6.07) is 0. The Kier molecular flexibility index (Phi) is 5.79. The van der Waals surface area contributed by atoms with Gasteiger partial charge in [-0.05, 0) is 11.3 Å². The zero-order valence-electron chi connectivity index (χ0n) is 12.4. The molecule has 1 rings (SSSR count). The van der Waals surface area contributed by atoms with Crippen molar-refractivity contribution in [2.45, 2.75) is 40.5 Å². The van der Waals surface area contributed by atoms with E-state index in [1.54, 1.807) is 11.3 Å². The Balaban J connectivity index is 2.45. The van der Waals surface area contributed by atoms with Crippen LogP contribution in [0.4, 0.5) is 5.13 Å². The predicted molar refractivity (Wildman–Crippen MR) is 79.6 cm³/mol. The standard InChI is InChI=1S/C14H24N2O2S/c1-10(2)14(3,4)9-15-13-16-11(8-19-13)6-7-12(17)18-5/h8,10H,6-7,9H2,1-5H3,(H,15,16). The lowest BCUT2D eigenvalue weighted by Gasteiger charge is -2.29. The van der Waals surface area contributed by atoms with Gasteiger partial charge in [0.1, 0.15) is 0 Å². The number of aromatic nitrogens is 1. The molecule has 4 nitrogen and oxygen atoms in total. The smallest absolute Gasteiger partial charge is 0.305 e. The molecule has 1 aromatic rings. The van der Waals surface area contributed by atoms with Crippen molar-refractivity contribution in [1.29, 1.82) is 0 Å². The quantitative estimate of drug-likeness (QED) is 0.780. The lowest BCUT2D eigenvalue weighted by Crippen LogP contribution is -2.28. The zero-order valence-corrected chi connectivity index (χ0v) is 13.3. The molecule has 0 aliphatic carbocycles. The molecule has 19 heavy (non-hydrogen) atoms. The van der Waals surface area contributed by atoms with Crippen molar-refractivity contribution in [3.8, 4) is 0 Å². The van der Waals surface area contributed by atoms with Crippen LogP contribution in [0, 0.1) is 11.3 Å². The monoisotopic (exact) mass is 284 g/mol. The van der Waals surface area contributed by atoms with Gasteiger partial charge in [0.25, 0.3) is 0 Å². The van der Waals surface area contributed by atoms with Crippen LogP contribution >= 0.6 is 11.3 Å². The van der Waals surface area contributed by atoms with Crippen LogP contribution in [0.5, 0.6) is 0 Å². The number of carbonyl (C=O) groups excluding carboxylic acids is 1. The summed E-state index contributed by atoms with van der Waals surface area (Å²) in [6.45, 7) is 9.85. The Bertz CT molecular complexity index is 413. The Morgan fingerprint density at radius 3 is 2.79 bits per heavy atom. The highest BCUT2D eigenvalue weighted by Crippen LogP contribution is 2.27. The highest BCUT2D eigenvalue weighted by Gasteiger charge is 2.22. The summed E-state index contributed by atoms with van der Waals surface area (Å²) < 4.78 is 4.62. The van der Waals surface area contributed by atoms with Gasteiger partial charge in [0.15, 0.2) is 5.13 Å². The number of rotatable bonds is 7. The predicted octanol–water partition coefficient (Wildman–Crippen LogP) is 3.34. The van der Waals surface area contributed by atoms with Crippen LogP contribution in [0.2, 0.25) is 0 Å². The molecule has 1 aromatic heterocycles. The van der Waals surface area contributed by atoms with E-state index >= 15 is 0 Å². The second-order valence-corrected chi connectivity index (χ2v) is 6.58. The first-order valence-electron chi connectivity index (χ1n) is 6.60. The lowest BCUT2D eigenvalue weighted by molar-refractivity contribution is -0.140. The molecular formula is C14H24N2O2S. The molecular weight excluding hydrogens is 260 g/mol. The molecule has 0 spiro atoms. The summed E-state index contributed by atoms with van der Waals surface area (Å²) in [6.07, 6.45) is 1.02. The molecule has 0 aliphatic rings. The molecule has 1 N–H and O–H groups in total. The number of aryl methyl sites for hydroxylation is 1.